The summed E-state index contributed by atoms with van der Waals surface area (Å²) in [6.45, 7) is 1.52. The molecule has 0 fully saturated rings. The molecule has 5 nitrogen and oxygen atoms in total. The standard InChI is InChI=1S/C26H20N2O3/c1-18(29)20-9-11-21(12-10-20)24-14-15-25(31-24)26(30)28-23-7-4-5-19(17-23)8-13-22-6-2-3-16-27-22/h2-17H,1H3,(H,28,30)/b13-8+. The van der Waals surface area contributed by atoms with Gasteiger partial charge in [0.25, 0.3) is 5.91 Å². The summed E-state index contributed by atoms with van der Waals surface area (Å²) in [5.41, 5.74) is 3.89. The quantitative estimate of drug-likeness (QED) is 0.399. The Balaban J connectivity index is 1.45. The SMILES string of the molecule is CC(=O)c1ccc(-c2ccc(C(=O)Nc3cccc(/C=C/c4ccccn4)c3)o2)cc1. The maximum Gasteiger partial charge on any atom is 0.291 e. The number of amides is 1. The molecule has 0 saturated carbocycles. The van der Waals surface area contributed by atoms with Crippen molar-refractivity contribution in [2.45, 2.75) is 6.92 Å². The lowest BCUT2D eigenvalue weighted by Crippen LogP contribution is -2.10. The van der Waals surface area contributed by atoms with E-state index in [9.17, 15) is 9.59 Å². The van der Waals surface area contributed by atoms with Crippen LogP contribution in [-0.2, 0) is 0 Å². The minimum absolute atomic E-state index is 0.00293. The number of furan rings is 1. The predicted octanol–water partition coefficient (Wildman–Crippen LogP) is 5.97. The van der Waals surface area contributed by atoms with Crippen molar-refractivity contribution < 1.29 is 14.0 Å². The number of hydrogen-bond donors (Lipinski definition) is 1. The Kier molecular flexibility index (Phi) is 5.85. The normalized spacial score (nSPS) is 10.9. The molecule has 4 aromatic rings. The van der Waals surface area contributed by atoms with Crippen molar-refractivity contribution in [2.24, 2.45) is 0 Å². The summed E-state index contributed by atoms with van der Waals surface area (Å²) < 4.78 is 5.72. The molecule has 2 aromatic carbocycles. The van der Waals surface area contributed by atoms with Crippen LogP contribution in [0.5, 0.6) is 0 Å². The Morgan fingerprint density at radius 2 is 1.74 bits per heavy atom. The fourth-order valence-electron chi connectivity index (χ4n) is 3.05. The van der Waals surface area contributed by atoms with Crippen molar-refractivity contribution in [3.8, 4) is 11.3 Å². The van der Waals surface area contributed by atoms with Crippen LogP contribution in [0.2, 0.25) is 0 Å². The van der Waals surface area contributed by atoms with Gasteiger partial charge in [0.1, 0.15) is 5.76 Å². The lowest BCUT2D eigenvalue weighted by Gasteiger charge is -2.04. The zero-order valence-electron chi connectivity index (χ0n) is 16.9. The van der Waals surface area contributed by atoms with Gasteiger partial charge in [-0.1, -0.05) is 48.5 Å². The average molecular weight is 408 g/mol. The van der Waals surface area contributed by atoms with Crippen molar-refractivity contribution in [1.29, 1.82) is 0 Å². The first kappa shape index (κ1) is 20.0. The molecule has 0 bridgehead atoms. The smallest absolute Gasteiger partial charge is 0.291 e. The third kappa shape index (κ3) is 5.03. The molecule has 0 radical (unpaired) electrons. The van der Waals surface area contributed by atoms with Crippen LogP contribution in [0.1, 0.15) is 39.1 Å². The minimum Gasteiger partial charge on any atom is -0.451 e. The largest absolute Gasteiger partial charge is 0.451 e. The third-order valence-corrected chi connectivity index (χ3v) is 4.68. The molecule has 0 atom stereocenters. The number of nitrogens with one attached hydrogen (secondary N) is 1. The number of benzene rings is 2. The highest BCUT2D eigenvalue weighted by atomic mass is 16.3. The first-order valence-corrected chi connectivity index (χ1v) is 9.80. The number of anilines is 1. The van der Waals surface area contributed by atoms with Crippen LogP contribution in [-0.4, -0.2) is 16.7 Å². The van der Waals surface area contributed by atoms with Gasteiger partial charge in [-0.05, 0) is 55.0 Å². The second-order valence-corrected chi connectivity index (χ2v) is 6.96. The molecule has 0 aliphatic rings. The number of nitrogens with zero attached hydrogens (tertiary/aromatic N) is 1. The molecular formula is C26H20N2O3. The summed E-state index contributed by atoms with van der Waals surface area (Å²) >= 11 is 0. The highest BCUT2D eigenvalue weighted by Crippen LogP contribution is 2.23. The number of hydrogen-bond acceptors (Lipinski definition) is 4. The Hall–Kier alpha value is -4.25. The first-order valence-electron chi connectivity index (χ1n) is 9.80. The van der Waals surface area contributed by atoms with Crippen LogP contribution in [0.3, 0.4) is 0 Å². The molecule has 2 aromatic heterocycles. The number of aromatic nitrogens is 1. The van der Waals surface area contributed by atoms with E-state index >= 15 is 0 Å². The molecular weight excluding hydrogens is 388 g/mol. The third-order valence-electron chi connectivity index (χ3n) is 4.68. The molecule has 0 unspecified atom stereocenters. The molecule has 0 saturated heterocycles. The fourth-order valence-corrected chi connectivity index (χ4v) is 3.05. The number of pyridine rings is 1. The van der Waals surface area contributed by atoms with Crippen LogP contribution in [0, 0.1) is 0 Å². The first-order chi connectivity index (χ1) is 15.1. The van der Waals surface area contributed by atoms with Gasteiger partial charge < -0.3 is 9.73 Å². The second kappa shape index (κ2) is 9.05. The summed E-state index contributed by atoms with van der Waals surface area (Å²) in [6, 6.07) is 23.7. The molecule has 2 heterocycles. The lowest BCUT2D eigenvalue weighted by atomic mass is 10.1. The van der Waals surface area contributed by atoms with E-state index < -0.39 is 0 Å². The Bertz CT molecular complexity index is 1240. The van der Waals surface area contributed by atoms with Gasteiger partial charge in [-0.25, -0.2) is 0 Å². The van der Waals surface area contributed by atoms with E-state index in [1.807, 2.05) is 54.6 Å². The van der Waals surface area contributed by atoms with Crippen molar-refractivity contribution in [3.05, 3.63) is 108 Å². The Morgan fingerprint density at radius 3 is 2.48 bits per heavy atom. The molecule has 1 amide bonds. The molecule has 5 heteroatoms. The van der Waals surface area contributed by atoms with Gasteiger partial charge in [0.05, 0.1) is 5.69 Å². The summed E-state index contributed by atoms with van der Waals surface area (Å²) in [5, 5.41) is 2.86. The van der Waals surface area contributed by atoms with Gasteiger partial charge in [-0.15, -0.1) is 0 Å². The molecule has 0 spiro atoms. The van der Waals surface area contributed by atoms with Gasteiger partial charge in [0.2, 0.25) is 0 Å². The van der Waals surface area contributed by atoms with E-state index in [4.69, 9.17) is 4.42 Å². The van der Waals surface area contributed by atoms with E-state index in [1.54, 1.807) is 42.6 Å². The van der Waals surface area contributed by atoms with Gasteiger partial charge >= 0.3 is 0 Å². The topological polar surface area (TPSA) is 72.2 Å². The van der Waals surface area contributed by atoms with Gasteiger partial charge in [-0.3, -0.25) is 14.6 Å². The number of Topliss-reactive ketones (excluding diaryl/α,β-unsaturated/α-hetero) is 1. The number of ketones is 1. The van der Waals surface area contributed by atoms with Crippen LogP contribution >= 0.6 is 0 Å². The zero-order chi connectivity index (χ0) is 21.6. The van der Waals surface area contributed by atoms with Crippen molar-refractivity contribution in [1.82, 2.24) is 4.98 Å². The summed E-state index contributed by atoms with van der Waals surface area (Å²) in [5.74, 6) is 0.438. The van der Waals surface area contributed by atoms with Crippen molar-refractivity contribution >= 4 is 29.5 Å². The van der Waals surface area contributed by atoms with Crippen molar-refractivity contribution in [2.75, 3.05) is 5.32 Å². The fraction of sp³-hybridized carbons (Fsp3) is 0.0385. The van der Waals surface area contributed by atoms with E-state index in [0.29, 0.717) is 17.0 Å². The summed E-state index contributed by atoms with van der Waals surface area (Å²) in [4.78, 5) is 28.3. The van der Waals surface area contributed by atoms with Crippen LogP contribution in [0.15, 0.2) is 89.5 Å². The van der Waals surface area contributed by atoms with E-state index in [1.165, 1.54) is 6.92 Å². The monoisotopic (exact) mass is 408 g/mol. The van der Waals surface area contributed by atoms with Gasteiger partial charge in [0, 0.05) is 23.0 Å². The maximum atomic E-state index is 12.6. The molecule has 152 valence electrons. The predicted molar refractivity (Wildman–Crippen MR) is 122 cm³/mol. The van der Waals surface area contributed by atoms with E-state index in [-0.39, 0.29) is 17.5 Å². The minimum atomic E-state index is -0.336. The van der Waals surface area contributed by atoms with Crippen LogP contribution in [0.25, 0.3) is 23.5 Å². The second-order valence-electron chi connectivity index (χ2n) is 6.96. The average Bonchev–Trinajstić information content (AvgIpc) is 3.29. The molecule has 0 aliphatic heterocycles. The molecule has 31 heavy (non-hydrogen) atoms. The van der Waals surface area contributed by atoms with E-state index in [0.717, 1.165) is 16.8 Å². The molecule has 0 aliphatic carbocycles. The number of carbonyl (C=O) groups excluding carboxylic acids is 2. The van der Waals surface area contributed by atoms with Gasteiger partial charge in [0.15, 0.2) is 11.5 Å². The molecule has 1 N–H and O–H groups in total. The highest BCUT2D eigenvalue weighted by Gasteiger charge is 2.13. The summed E-state index contributed by atoms with van der Waals surface area (Å²) in [7, 11) is 0. The summed E-state index contributed by atoms with van der Waals surface area (Å²) in [6.07, 6.45) is 5.59. The van der Waals surface area contributed by atoms with E-state index in [2.05, 4.69) is 10.3 Å². The van der Waals surface area contributed by atoms with Crippen LogP contribution in [0.4, 0.5) is 5.69 Å². The van der Waals surface area contributed by atoms with Gasteiger partial charge in [-0.2, -0.15) is 0 Å². The number of carbonyl (C=O) groups is 2. The number of rotatable bonds is 6. The lowest BCUT2D eigenvalue weighted by molar-refractivity contribution is 0.0994. The van der Waals surface area contributed by atoms with Crippen LogP contribution < -0.4 is 5.32 Å². The molecule has 4 rings (SSSR count). The maximum absolute atomic E-state index is 12.6. The Labute approximate surface area is 180 Å². The zero-order valence-corrected chi connectivity index (χ0v) is 16.9. The van der Waals surface area contributed by atoms with Crippen molar-refractivity contribution in [3.63, 3.8) is 0 Å². The Morgan fingerprint density at radius 1 is 0.903 bits per heavy atom. The highest BCUT2D eigenvalue weighted by molar-refractivity contribution is 6.02.